The summed E-state index contributed by atoms with van der Waals surface area (Å²) in [4.78, 5) is 14.0. The van der Waals surface area contributed by atoms with Crippen LogP contribution in [-0.4, -0.2) is 87.8 Å². The third-order valence-electron chi connectivity index (χ3n) is 10.1. The minimum atomic E-state index is -3.63. The first kappa shape index (κ1) is 45.3. The molecule has 10 nitrogen and oxygen atoms in total. The van der Waals surface area contributed by atoms with Crippen LogP contribution < -0.4 is 9.80 Å². The molecule has 2 saturated heterocycles. The van der Waals surface area contributed by atoms with E-state index in [1.807, 2.05) is 11.4 Å². The molecule has 2 aliphatic rings. The Labute approximate surface area is 387 Å². The molecule has 0 amide bonds. The number of anilines is 2. The fourth-order valence-electron chi connectivity index (χ4n) is 6.45. The summed E-state index contributed by atoms with van der Waals surface area (Å²) in [6.07, 6.45) is 0. The van der Waals surface area contributed by atoms with Gasteiger partial charge in [0, 0.05) is 74.2 Å². The van der Waals surface area contributed by atoms with E-state index < -0.39 is 20.0 Å². The Morgan fingerprint density at radius 1 is 0.467 bits per heavy atom. The monoisotopic (exact) mass is 1000 g/mol. The van der Waals surface area contributed by atoms with Crippen LogP contribution in [0.25, 0.3) is 22.5 Å². The van der Waals surface area contributed by atoms with Crippen molar-refractivity contribution >= 4 is 123 Å². The highest BCUT2D eigenvalue weighted by atomic mass is 35.5. The predicted molar refractivity (Wildman–Crippen MR) is 249 cm³/mol. The highest BCUT2D eigenvalue weighted by molar-refractivity contribution is 7.89. The van der Waals surface area contributed by atoms with Crippen molar-refractivity contribution in [3.05, 3.63) is 125 Å². The molecule has 8 rings (SSSR count). The van der Waals surface area contributed by atoms with Gasteiger partial charge in [-0.2, -0.15) is 8.61 Å². The van der Waals surface area contributed by atoms with Crippen LogP contribution in [0.4, 0.5) is 10.3 Å². The minimum absolute atomic E-state index is 0.140. The Morgan fingerprint density at radius 3 is 1.25 bits per heavy atom. The number of halogens is 6. The van der Waals surface area contributed by atoms with E-state index in [4.69, 9.17) is 74.6 Å². The van der Waals surface area contributed by atoms with Gasteiger partial charge < -0.3 is 9.80 Å². The number of hydrogen-bond donors (Lipinski definition) is 0. The largest absolute Gasteiger partial charge is 0.345 e. The van der Waals surface area contributed by atoms with Gasteiger partial charge >= 0.3 is 0 Å². The first-order chi connectivity index (χ1) is 28.5. The molecule has 6 aromatic rings. The number of piperazine rings is 2. The Morgan fingerprint density at radius 2 is 0.850 bits per heavy atom. The van der Waals surface area contributed by atoms with Crippen LogP contribution in [0.15, 0.2) is 93.3 Å². The van der Waals surface area contributed by atoms with Crippen molar-refractivity contribution in [3.63, 3.8) is 0 Å². The number of aryl methyl sites for hydroxylation is 2. The van der Waals surface area contributed by atoms with Crippen molar-refractivity contribution in [2.75, 3.05) is 62.2 Å². The molecule has 2 aliphatic heterocycles. The normalized spacial score (nSPS) is 15.5. The Kier molecular flexibility index (Phi) is 14.3. The zero-order valence-electron chi connectivity index (χ0n) is 32.0. The molecule has 0 bridgehead atoms. The zero-order valence-corrected chi connectivity index (χ0v) is 39.8. The summed E-state index contributed by atoms with van der Waals surface area (Å²) >= 11 is 39.0. The number of nitrogens with zero attached hydrogens (tertiary/aromatic N) is 6. The maximum atomic E-state index is 12.9. The van der Waals surface area contributed by atoms with Gasteiger partial charge in [0.15, 0.2) is 10.3 Å². The third kappa shape index (κ3) is 10.1. The fourth-order valence-corrected chi connectivity index (χ4v) is 12.2. The van der Waals surface area contributed by atoms with Crippen LogP contribution in [0, 0.1) is 13.8 Å². The van der Waals surface area contributed by atoms with Crippen LogP contribution >= 0.6 is 92.3 Å². The van der Waals surface area contributed by atoms with Gasteiger partial charge in [-0.25, -0.2) is 26.8 Å². The molecule has 0 spiro atoms. The lowest BCUT2D eigenvalue weighted by atomic mass is 10.1. The van der Waals surface area contributed by atoms with E-state index in [1.54, 1.807) is 23.5 Å². The van der Waals surface area contributed by atoms with E-state index in [0.29, 0.717) is 72.4 Å². The van der Waals surface area contributed by atoms with Crippen LogP contribution in [0.5, 0.6) is 0 Å². The number of thiazole rings is 2. The van der Waals surface area contributed by atoms with E-state index in [9.17, 15) is 16.8 Å². The lowest BCUT2D eigenvalue weighted by Gasteiger charge is -2.33. The first-order valence-corrected chi connectivity index (χ1v) is 25.3. The molecule has 2 aromatic heterocycles. The van der Waals surface area contributed by atoms with Crippen molar-refractivity contribution in [2.45, 2.75) is 23.6 Å². The van der Waals surface area contributed by atoms with E-state index in [0.717, 1.165) is 32.8 Å². The average molecular weight is 1010 g/mol. The molecule has 0 saturated carbocycles. The maximum Gasteiger partial charge on any atom is 0.243 e. The molecule has 0 unspecified atom stereocenters. The topological polar surface area (TPSA) is 107 Å². The highest BCUT2D eigenvalue weighted by Crippen LogP contribution is 2.34. The summed E-state index contributed by atoms with van der Waals surface area (Å²) in [6.45, 7) is 7.91. The van der Waals surface area contributed by atoms with Crippen molar-refractivity contribution in [1.82, 2.24) is 18.6 Å². The summed E-state index contributed by atoms with van der Waals surface area (Å²) in [7, 11) is -7.24. The van der Waals surface area contributed by atoms with E-state index in [2.05, 4.69) is 52.2 Å². The summed E-state index contributed by atoms with van der Waals surface area (Å²) in [5.74, 6) is 0. The van der Waals surface area contributed by atoms with Crippen molar-refractivity contribution in [1.29, 1.82) is 0 Å². The molecule has 4 heterocycles. The summed E-state index contributed by atoms with van der Waals surface area (Å²) in [5, 5.41) is 7.83. The smallest absolute Gasteiger partial charge is 0.243 e. The lowest BCUT2D eigenvalue weighted by molar-refractivity contribution is 0.384. The predicted octanol–water partition coefficient (Wildman–Crippen LogP) is 11.2. The molecule has 316 valence electrons. The second kappa shape index (κ2) is 19.0. The molecule has 4 aromatic carbocycles. The van der Waals surface area contributed by atoms with E-state index in [1.165, 1.54) is 67.5 Å². The number of aromatic nitrogens is 2. The van der Waals surface area contributed by atoms with Gasteiger partial charge in [-0.1, -0.05) is 87.8 Å². The molecular weight excluding hydrogens is 969 g/mol. The number of sulfonamides is 2. The standard InChI is InChI=1S/C21H21Cl2N3O2S2.C19H15Cl4N3O2S2/c1-14-3-4-16(11-15(14)2)20-13-29-21(24-20)25-7-9-26(10-8-25)30(27,28)17-5-6-18(22)19(23)12-17;20-14-3-1-12(9-16(14)22)18-11-29-19(24-18)25-5-7-26(8-6-25)30(27,28)13-2-4-15(21)17(23)10-13/h3-6,11-13H,7-10H2,1-2H3;1-4,9-11H,5-8H2. The third-order valence-corrected chi connectivity index (χ3v) is 17.9. The quantitative estimate of drug-likeness (QED) is 0.148. The van der Waals surface area contributed by atoms with E-state index in [-0.39, 0.29) is 19.8 Å². The molecule has 0 radical (unpaired) electrons. The van der Waals surface area contributed by atoms with Gasteiger partial charge in [-0.05, 0) is 79.6 Å². The SMILES string of the molecule is Cc1ccc(-c2csc(N3CCN(S(=O)(=O)c4ccc(Cl)c(Cl)c4)CC3)n2)cc1C.O=S(=O)(c1ccc(Cl)c(Cl)c1)N1CCN(c2nc(-c3ccc(Cl)c(Cl)c3)cs2)CC1. The van der Waals surface area contributed by atoms with Gasteiger partial charge in [0.1, 0.15) is 0 Å². The maximum absolute atomic E-state index is 12.9. The second-order valence-electron chi connectivity index (χ2n) is 13.9. The summed E-state index contributed by atoms with van der Waals surface area (Å²) in [5.41, 5.74) is 6.23. The molecule has 20 heteroatoms. The Hall–Kier alpha value is -2.70. The van der Waals surface area contributed by atoms with Crippen LogP contribution in [0.3, 0.4) is 0 Å². The number of hydrogen-bond acceptors (Lipinski definition) is 10. The Balaban J connectivity index is 0.000000181. The van der Waals surface area contributed by atoms with Gasteiger partial charge in [0.2, 0.25) is 20.0 Å². The van der Waals surface area contributed by atoms with Crippen molar-refractivity contribution < 1.29 is 16.8 Å². The lowest BCUT2D eigenvalue weighted by Crippen LogP contribution is -2.48. The summed E-state index contributed by atoms with van der Waals surface area (Å²) < 4.78 is 54.6. The first-order valence-electron chi connectivity index (χ1n) is 18.4. The average Bonchev–Trinajstić information content (AvgIpc) is 3.94. The minimum Gasteiger partial charge on any atom is -0.345 e. The highest BCUT2D eigenvalue weighted by Gasteiger charge is 2.31. The van der Waals surface area contributed by atoms with Crippen LogP contribution in [0.1, 0.15) is 11.1 Å². The fraction of sp³-hybridized carbons (Fsp3) is 0.250. The van der Waals surface area contributed by atoms with E-state index >= 15 is 0 Å². The molecule has 0 N–H and O–H groups in total. The Bertz CT molecular complexity index is 2570. The summed E-state index contributed by atoms with van der Waals surface area (Å²) in [6, 6.07) is 20.5. The van der Waals surface area contributed by atoms with Crippen LogP contribution in [0.2, 0.25) is 30.1 Å². The molecule has 2 fully saturated rings. The number of rotatable bonds is 8. The van der Waals surface area contributed by atoms with Gasteiger partial charge in [-0.15, -0.1) is 22.7 Å². The molecule has 0 aliphatic carbocycles. The van der Waals surface area contributed by atoms with Crippen molar-refractivity contribution in [3.8, 4) is 22.5 Å². The second-order valence-corrected chi connectivity index (χ2v) is 21.9. The van der Waals surface area contributed by atoms with Crippen LogP contribution in [-0.2, 0) is 20.0 Å². The van der Waals surface area contributed by atoms with Gasteiger partial charge in [-0.3, -0.25) is 0 Å². The molecule has 60 heavy (non-hydrogen) atoms. The zero-order chi connectivity index (χ0) is 42.9. The molecule has 0 atom stereocenters. The van der Waals surface area contributed by atoms with Gasteiger partial charge in [0.25, 0.3) is 0 Å². The van der Waals surface area contributed by atoms with Gasteiger partial charge in [0.05, 0.1) is 51.3 Å². The molecular formula is C40H36Cl6N6O4S4. The number of benzene rings is 4. The van der Waals surface area contributed by atoms with Crippen molar-refractivity contribution in [2.24, 2.45) is 0 Å².